The summed E-state index contributed by atoms with van der Waals surface area (Å²) in [6.07, 6.45) is 3.00. The Labute approximate surface area is 121 Å². The fourth-order valence-electron chi connectivity index (χ4n) is 2.18. The van der Waals surface area contributed by atoms with E-state index < -0.39 is 0 Å². The van der Waals surface area contributed by atoms with Crippen LogP contribution in [0.4, 0.5) is 0 Å². The van der Waals surface area contributed by atoms with Gasteiger partial charge >= 0.3 is 0 Å². The smallest absolute Gasteiger partial charge is 0.261 e. The largest absolute Gasteiger partial charge is 0.351 e. The molecule has 0 aliphatic carbocycles. The molecule has 2 aromatic heterocycles. The number of fused-ring (bicyclic) bond motifs is 1. The highest BCUT2D eigenvalue weighted by atomic mass is 32.1. The van der Waals surface area contributed by atoms with Crippen LogP contribution in [0.25, 0.3) is 15.9 Å². The second-order valence-electron chi connectivity index (χ2n) is 4.64. The van der Waals surface area contributed by atoms with Gasteiger partial charge in [-0.05, 0) is 36.1 Å². The van der Waals surface area contributed by atoms with Crippen LogP contribution in [0.1, 0.15) is 23.0 Å². The maximum absolute atomic E-state index is 11.9. The quantitative estimate of drug-likeness (QED) is 0.776. The number of benzene rings is 1. The Bertz CT molecular complexity index is 742. The first-order valence-electron chi connectivity index (χ1n) is 6.74. The highest BCUT2D eigenvalue weighted by Gasteiger charge is 2.10. The minimum atomic E-state index is 0.0135. The van der Waals surface area contributed by atoms with E-state index in [4.69, 9.17) is 0 Å². The lowest BCUT2D eigenvalue weighted by Crippen LogP contribution is -2.22. The third-order valence-electron chi connectivity index (χ3n) is 3.19. The predicted octanol–water partition coefficient (Wildman–Crippen LogP) is 3.83. The van der Waals surface area contributed by atoms with Crippen molar-refractivity contribution in [2.75, 3.05) is 6.54 Å². The van der Waals surface area contributed by atoms with Gasteiger partial charge in [-0.2, -0.15) is 0 Å². The van der Waals surface area contributed by atoms with E-state index in [1.807, 2.05) is 37.4 Å². The van der Waals surface area contributed by atoms with Crippen LogP contribution in [0.3, 0.4) is 0 Å². The van der Waals surface area contributed by atoms with E-state index in [1.54, 1.807) is 0 Å². The van der Waals surface area contributed by atoms with Crippen LogP contribution < -0.4 is 5.32 Å². The number of nitrogens with zero attached hydrogens (tertiary/aromatic N) is 1. The summed E-state index contributed by atoms with van der Waals surface area (Å²) >= 11 is 1.51. The summed E-state index contributed by atoms with van der Waals surface area (Å²) in [5.74, 6) is 0.0135. The van der Waals surface area contributed by atoms with Crippen molar-refractivity contribution in [2.24, 2.45) is 0 Å². The van der Waals surface area contributed by atoms with Crippen molar-refractivity contribution in [2.45, 2.75) is 13.3 Å². The Hall–Kier alpha value is -2.07. The summed E-state index contributed by atoms with van der Waals surface area (Å²) in [5.41, 5.74) is 1.16. The Kier molecular flexibility index (Phi) is 3.56. The monoisotopic (exact) mass is 284 g/mol. The van der Waals surface area contributed by atoms with E-state index in [1.165, 1.54) is 16.7 Å². The van der Waals surface area contributed by atoms with Gasteiger partial charge in [0.1, 0.15) is 5.00 Å². The molecule has 2 heterocycles. The van der Waals surface area contributed by atoms with Gasteiger partial charge in [0.2, 0.25) is 0 Å². The zero-order valence-electron chi connectivity index (χ0n) is 11.3. The minimum Gasteiger partial charge on any atom is -0.351 e. The van der Waals surface area contributed by atoms with E-state index in [9.17, 15) is 4.79 Å². The fourth-order valence-corrected chi connectivity index (χ4v) is 3.10. The van der Waals surface area contributed by atoms with Gasteiger partial charge in [0.15, 0.2) is 0 Å². The number of hydrogen-bond acceptors (Lipinski definition) is 2. The van der Waals surface area contributed by atoms with E-state index in [-0.39, 0.29) is 5.91 Å². The molecule has 0 saturated heterocycles. The molecule has 0 spiro atoms. The van der Waals surface area contributed by atoms with E-state index >= 15 is 0 Å². The topological polar surface area (TPSA) is 34.0 Å². The summed E-state index contributed by atoms with van der Waals surface area (Å²) in [7, 11) is 0. The lowest BCUT2D eigenvalue weighted by molar-refractivity contribution is 0.0957. The molecule has 0 unspecified atom stereocenters. The first-order valence-corrected chi connectivity index (χ1v) is 7.55. The van der Waals surface area contributed by atoms with Crippen molar-refractivity contribution < 1.29 is 4.79 Å². The van der Waals surface area contributed by atoms with Crippen LogP contribution in [-0.4, -0.2) is 17.0 Å². The Morgan fingerprint density at radius 3 is 2.90 bits per heavy atom. The number of carbonyl (C=O) groups excluding carboxylic acids is 1. The summed E-state index contributed by atoms with van der Waals surface area (Å²) in [5, 5.41) is 5.18. The Balaban J connectivity index is 1.92. The average molecular weight is 284 g/mol. The second kappa shape index (κ2) is 5.51. The molecule has 0 aliphatic rings. The molecule has 3 aromatic rings. The number of thiophene rings is 1. The number of carbonyl (C=O) groups is 1. The van der Waals surface area contributed by atoms with Gasteiger partial charge < -0.3 is 9.88 Å². The SMILES string of the molecule is CCCNC(=O)c1ccc(-n2ccc3ccccc32)s1. The van der Waals surface area contributed by atoms with Crippen LogP contribution in [0, 0.1) is 0 Å². The van der Waals surface area contributed by atoms with Gasteiger partial charge in [-0.15, -0.1) is 11.3 Å². The minimum absolute atomic E-state index is 0.0135. The lowest BCUT2D eigenvalue weighted by atomic mass is 10.2. The van der Waals surface area contributed by atoms with E-state index in [0.29, 0.717) is 0 Å². The molecule has 0 saturated carbocycles. The lowest BCUT2D eigenvalue weighted by Gasteiger charge is -2.02. The van der Waals surface area contributed by atoms with Gasteiger partial charge in [0.25, 0.3) is 5.91 Å². The molecule has 0 fully saturated rings. The summed E-state index contributed by atoms with van der Waals surface area (Å²) in [6, 6.07) is 14.2. The van der Waals surface area contributed by atoms with Crippen LogP contribution >= 0.6 is 11.3 Å². The molecule has 1 amide bonds. The Morgan fingerprint density at radius 1 is 1.20 bits per heavy atom. The first-order chi connectivity index (χ1) is 9.79. The van der Waals surface area contributed by atoms with Crippen molar-refractivity contribution in [3.8, 4) is 5.00 Å². The molecule has 20 heavy (non-hydrogen) atoms. The molecular formula is C16H16N2OS. The predicted molar refractivity (Wildman–Crippen MR) is 83.8 cm³/mol. The van der Waals surface area contributed by atoms with Crippen LogP contribution in [-0.2, 0) is 0 Å². The molecule has 0 aliphatic heterocycles. The van der Waals surface area contributed by atoms with E-state index in [0.717, 1.165) is 28.4 Å². The first kappa shape index (κ1) is 12.9. The molecule has 3 nitrogen and oxygen atoms in total. The number of aromatic nitrogens is 1. The molecule has 0 radical (unpaired) electrons. The number of nitrogens with one attached hydrogen (secondary N) is 1. The molecular weight excluding hydrogens is 268 g/mol. The number of para-hydroxylation sites is 1. The zero-order chi connectivity index (χ0) is 13.9. The van der Waals surface area contributed by atoms with Gasteiger partial charge in [-0.1, -0.05) is 25.1 Å². The Morgan fingerprint density at radius 2 is 2.05 bits per heavy atom. The van der Waals surface area contributed by atoms with Gasteiger partial charge in [-0.3, -0.25) is 4.79 Å². The third kappa shape index (κ3) is 2.34. The maximum Gasteiger partial charge on any atom is 0.261 e. The number of hydrogen-bond donors (Lipinski definition) is 1. The number of amides is 1. The van der Waals surface area contributed by atoms with Crippen LogP contribution in [0.2, 0.25) is 0 Å². The van der Waals surface area contributed by atoms with Crippen LogP contribution in [0.15, 0.2) is 48.7 Å². The zero-order valence-corrected chi connectivity index (χ0v) is 12.1. The molecule has 0 bridgehead atoms. The average Bonchev–Trinajstić information content (AvgIpc) is 3.10. The van der Waals surface area contributed by atoms with Crippen molar-refractivity contribution >= 4 is 28.1 Å². The van der Waals surface area contributed by atoms with Crippen molar-refractivity contribution in [1.29, 1.82) is 0 Å². The van der Waals surface area contributed by atoms with Gasteiger partial charge in [-0.25, -0.2) is 0 Å². The number of rotatable bonds is 4. The molecule has 102 valence electrons. The molecule has 0 atom stereocenters. The molecule has 1 N–H and O–H groups in total. The van der Waals surface area contributed by atoms with Crippen LogP contribution in [0.5, 0.6) is 0 Å². The normalized spacial score (nSPS) is 10.8. The van der Waals surface area contributed by atoms with Crippen molar-refractivity contribution in [3.63, 3.8) is 0 Å². The standard InChI is InChI=1S/C16H16N2OS/c1-2-10-17-16(19)14-7-8-15(20-14)18-11-9-12-5-3-4-6-13(12)18/h3-9,11H,2,10H2,1H3,(H,17,19). The molecule has 1 aromatic carbocycles. The van der Waals surface area contributed by atoms with Gasteiger partial charge in [0.05, 0.1) is 10.4 Å². The second-order valence-corrected chi connectivity index (χ2v) is 5.70. The van der Waals surface area contributed by atoms with Crippen molar-refractivity contribution in [3.05, 3.63) is 53.5 Å². The summed E-state index contributed by atoms with van der Waals surface area (Å²) in [6.45, 7) is 2.77. The van der Waals surface area contributed by atoms with E-state index in [2.05, 4.69) is 28.1 Å². The third-order valence-corrected chi connectivity index (χ3v) is 4.27. The maximum atomic E-state index is 11.9. The molecule has 4 heteroatoms. The van der Waals surface area contributed by atoms with Crippen molar-refractivity contribution in [1.82, 2.24) is 9.88 Å². The highest BCUT2D eigenvalue weighted by molar-refractivity contribution is 7.16. The summed E-state index contributed by atoms with van der Waals surface area (Å²) in [4.78, 5) is 12.7. The molecule has 3 rings (SSSR count). The fraction of sp³-hybridized carbons (Fsp3) is 0.188. The highest BCUT2D eigenvalue weighted by Crippen LogP contribution is 2.26. The van der Waals surface area contributed by atoms with Gasteiger partial charge in [0, 0.05) is 12.7 Å². The summed E-state index contributed by atoms with van der Waals surface area (Å²) < 4.78 is 2.12.